The highest BCUT2D eigenvalue weighted by Crippen LogP contribution is 2.32. The molecular weight excluding hydrogens is 414 g/mol. The highest BCUT2D eigenvalue weighted by Gasteiger charge is 2.24. The lowest BCUT2D eigenvalue weighted by Crippen LogP contribution is -2.39. The topological polar surface area (TPSA) is 59.8 Å². The molecule has 0 aliphatic heterocycles. The third kappa shape index (κ3) is 6.69. The Hall–Kier alpha value is -3.11. The Kier molecular flexibility index (Phi) is 8.67. The molecule has 0 spiro atoms. The number of rotatable bonds is 11. The third-order valence-corrected chi connectivity index (χ3v) is 5.41. The fraction of sp³-hybridized carbons (Fsp3) is 0.370. The van der Waals surface area contributed by atoms with Crippen molar-refractivity contribution in [3.8, 4) is 29.7 Å². The Balaban J connectivity index is 1.93. The Labute approximate surface area is 196 Å². The van der Waals surface area contributed by atoms with Gasteiger partial charge in [0.2, 0.25) is 5.88 Å². The summed E-state index contributed by atoms with van der Waals surface area (Å²) in [5.41, 5.74) is 3.95. The van der Waals surface area contributed by atoms with Crippen molar-refractivity contribution in [3.05, 3.63) is 71.4 Å². The molecule has 1 atom stereocenters. The van der Waals surface area contributed by atoms with Crippen molar-refractivity contribution in [3.63, 3.8) is 0 Å². The van der Waals surface area contributed by atoms with E-state index in [1.54, 1.807) is 0 Å². The molecule has 1 N–H and O–H groups in total. The van der Waals surface area contributed by atoms with Crippen LogP contribution in [0.25, 0.3) is 5.69 Å². The molecule has 0 aliphatic carbocycles. The Morgan fingerprint density at radius 2 is 1.79 bits per heavy atom. The normalized spacial score (nSPS) is 12.2. The summed E-state index contributed by atoms with van der Waals surface area (Å²) in [5, 5.41) is 15.3. The number of aliphatic hydroxyl groups excluding tert-OH is 1. The molecule has 6 nitrogen and oxygen atoms in total. The van der Waals surface area contributed by atoms with E-state index in [-0.39, 0.29) is 19.3 Å². The first kappa shape index (κ1) is 24.5. The van der Waals surface area contributed by atoms with Gasteiger partial charge in [0.25, 0.3) is 0 Å². The largest absolute Gasteiger partial charge is 0.439 e. The van der Waals surface area contributed by atoms with Gasteiger partial charge in [-0.05, 0) is 52.0 Å². The van der Waals surface area contributed by atoms with E-state index < -0.39 is 6.10 Å². The number of aliphatic hydroxyl groups is 1. The second-order valence-electron chi connectivity index (χ2n) is 8.43. The Morgan fingerprint density at radius 1 is 1.09 bits per heavy atom. The van der Waals surface area contributed by atoms with E-state index in [9.17, 15) is 5.11 Å². The lowest BCUT2D eigenvalue weighted by molar-refractivity contribution is 0.0190. The molecule has 3 aromatic rings. The summed E-state index contributed by atoms with van der Waals surface area (Å²) in [4.78, 5) is 2.19. The fourth-order valence-electron chi connectivity index (χ4n) is 3.53. The summed E-state index contributed by atoms with van der Waals surface area (Å²) in [6.45, 7) is 9.65. The first-order valence-electron chi connectivity index (χ1n) is 11.2. The van der Waals surface area contributed by atoms with Gasteiger partial charge in [-0.15, -0.1) is 6.42 Å². The molecule has 0 amide bonds. The standard InChI is InChI=1S/C27H33N3O3/c1-6-16-32-19-24(31)17-29(20(2)3)18-26-22(5)28-30(23-10-8-7-9-11-23)27(26)33-25-14-12-21(4)13-15-25/h1,7-15,20,24,31H,16-19H2,2-5H3/t24-/m1/s1. The molecule has 0 radical (unpaired) electrons. The second-order valence-corrected chi connectivity index (χ2v) is 8.43. The number of aryl methyl sites for hydroxylation is 2. The van der Waals surface area contributed by atoms with Gasteiger partial charge in [-0.1, -0.05) is 41.8 Å². The molecule has 0 aliphatic rings. The quantitative estimate of drug-likeness (QED) is 0.346. The smallest absolute Gasteiger partial charge is 0.227 e. The highest BCUT2D eigenvalue weighted by molar-refractivity contribution is 5.43. The summed E-state index contributed by atoms with van der Waals surface area (Å²) in [6.07, 6.45) is 4.58. The third-order valence-electron chi connectivity index (χ3n) is 5.41. The predicted molar refractivity (Wildman–Crippen MR) is 131 cm³/mol. The van der Waals surface area contributed by atoms with Crippen LogP contribution >= 0.6 is 0 Å². The van der Waals surface area contributed by atoms with Crippen molar-refractivity contribution >= 4 is 0 Å². The molecule has 0 saturated carbocycles. The number of para-hydroxylation sites is 1. The van der Waals surface area contributed by atoms with Crippen LogP contribution in [0.4, 0.5) is 0 Å². The molecule has 1 heterocycles. The van der Waals surface area contributed by atoms with Crippen molar-refractivity contribution < 1.29 is 14.6 Å². The highest BCUT2D eigenvalue weighted by atomic mass is 16.5. The molecule has 0 fully saturated rings. The molecule has 3 rings (SSSR count). The SMILES string of the molecule is C#CCOC[C@H](O)CN(Cc1c(C)nn(-c2ccccc2)c1Oc1ccc(C)cc1)C(C)C. The van der Waals surface area contributed by atoms with Crippen molar-refractivity contribution in [1.29, 1.82) is 0 Å². The zero-order valence-corrected chi connectivity index (χ0v) is 19.9. The number of aromatic nitrogens is 2. The average molecular weight is 448 g/mol. The molecule has 33 heavy (non-hydrogen) atoms. The summed E-state index contributed by atoms with van der Waals surface area (Å²) >= 11 is 0. The number of terminal acetylenes is 1. The van der Waals surface area contributed by atoms with Gasteiger partial charge in [0.05, 0.1) is 29.7 Å². The van der Waals surface area contributed by atoms with E-state index in [2.05, 4.69) is 24.7 Å². The lowest BCUT2D eigenvalue weighted by atomic mass is 10.2. The monoisotopic (exact) mass is 447 g/mol. The van der Waals surface area contributed by atoms with E-state index in [0.29, 0.717) is 19.0 Å². The molecule has 0 bridgehead atoms. The number of hydrogen-bond donors (Lipinski definition) is 1. The van der Waals surface area contributed by atoms with E-state index >= 15 is 0 Å². The van der Waals surface area contributed by atoms with Crippen LogP contribution in [-0.2, 0) is 11.3 Å². The minimum atomic E-state index is -0.647. The maximum absolute atomic E-state index is 10.5. The van der Waals surface area contributed by atoms with Crippen molar-refractivity contribution in [2.24, 2.45) is 0 Å². The van der Waals surface area contributed by atoms with Gasteiger partial charge in [-0.3, -0.25) is 4.90 Å². The average Bonchev–Trinajstić information content (AvgIpc) is 3.10. The van der Waals surface area contributed by atoms with Gasteiger partial charge < -0.3 is 14.6 Å². The number of ether oxygens (including phenoxy) is 2. The summed E-state index contributed by atoms with van der Waals surface area (Å²) in [5.74, 6) is 3.84. The van der Waals surface area contributed by atoms with E-state index in [0.717, 1.165) is 22.7 Å². The molecule has 0 saturated heterocycles. The molecule has 1 aromatic heterocycles. The van der Waals surface area contributed by atoms with Crippen LogP contribution in [0.1, 0.15) is 30.7 Å². The molecule has 6 heteroatoms. The van der Waals surface area contributed by atoms with Gasteiger partial charge in [-0.25, -0.2) is 4.68 Å². The zero-order chi connectivity index (χ0) is 23.8. The maximum atomic E-state index is 10.5. The minimum absolute atomic E-state index is 0.191. The summed E-state index contributed by atoms with van der Waals surface area (Å²) < 4.78 is 13.6. The number of hydrogen-bond acceptors (Lipinski definition) is 5. The number of nitrogens with zero attached hydrogens (tertiary/aromatic N) is 3. The van der Waals surface area contributed by atoms with Crippen LogP contribution in [0.5, 0.6) is 11.6 Å². The molecule has 0 unspecified atom stereocenters. The van der Waals surface area contributed by atoms with Gasteiger partial charge in [0.15, 0.2) is 0 Å². The summed E-state index contributed by atoms with van der Waals surface area (Å²) in [6, 6.07) is 18.1. The van der Waals surface area contributed by atoms with Crippen molar-refractivity contribution in [2.45, 2.75) is 46.4 Å². The Morgan fingerprint density at radius 3 is 2.42 bits per heavy atom. The molecular formula is C27H33N3O3. The number of benzene rings is 2. The van der Waals surface area contributed by atoms with Crippen LogP contribution in [-0.4, -0.2) is 51.7 Å². The van der Waals surface area contributed by atoms with Gasteiger partial charge in [-0.2, -0.15) is 5.10 Å². The van der Waals surface area contributed by atoms with Crippen LogP contribution < -0.4 is 4.74 Å². The van der Waals surface area contributed by atoms with E-state index in [1.165, 1.54) is 5.56 Å². The van der Waals surface area contributed by atoms with Gasteiger partial charge >= 0.3 is 0 Å². The van der Waals surface area contributed by atoms with Crippen LogP contribution in [0.2, 0.25) is 0 Å². The van der Waals surface area contributed by atoms with Gasteiger partial charge in [0.1, 0.15) is 12.4 Å². The first-order valence-corrected chi connectivity index (χ1v) is 11.2. The van der Waals surface area contributed by atoms with Crippen molar-refractivity contribution in [1.82, 2.24) is 14.7 Å². The lowest BCUT2D eigenvalue weighted by Gasteiger charge is -2.28. The molecule has 2 aromatic carbocycles. The fourth-order valence-corrected chi connectivity index (χ4v) is 3.53. The van der Waals surface area contributed by atoms with E-state index in [4.69, 9.17) is 21.0 Å². The Bertz CT molecular complexity index is 1050. The zero-order valence-electron chi connectivity index (χ0n) is 19.9. The first-order chi connectivity index (χ1) is 15.9. The van der Waals surface area contributed by atoms with Gasteiger partial charge in [0, 0.05) is 19.1 Å². The molecule has 174 valence electrons. The minimum Gasteiger partial charge on any atom is -0.439 e. The predicted octanol–water partition coefficient (Wildman–Crippen LogP) is 4.50. The van der Waals surface area contributed by atoms with Crippen molar-refractivity contribution in [2.75, 3.05) is 19.8 Å². The van der Waals surface area contributed by atoms with Crippen LogP contribution in [0, 0.1) is 26.2 Å². The van der Waals surface area contributed by atoms with Crippen LogP contribution in [0.15, 0.2) is 54.6 Å². The van der Waals surface area contributed by atoms with E-state index in [1.807, 2.05) is 73.1 Å². The maximum Gasteiger partial charge on any atom is 0.227 e. The second kappa shape index (κ2) is 11.7. The van der Waals surface area contributed by atoms with Crippen LogP contribution in [0.3, 0.4) is 0 Å². The summed E-state index contributed by atoms with van der Waals surface area (Å²) in [7, 11) is 0.